The summed E-state index contributed by atoms with van der Waals surface area (Å²) in [4.78, 5) is 56.1. The Balaban J connectivity index is 1.59. The molecule has 0 aliphatic heterocycles. The van der Waals surface area contributed by atoms with Crippen molar-refractivity contribution in [2.24, 2.45) is 23.5 Å². The lowest BCUT2D eigenvalue weighted by Crippen LogP contribution is -2.69. The van der Waals surface area contributed by atoms with Gasteiger partial charge in [0.2, 0.25) is 5.78 Å². The summed E-state index contributed by atoms with van der Waals surface area (Å²) in [5.74, 6) is -10.2. The second-order valence-electron chi connectivity index (χ2n) is 13.6. The molecule has 6 rings (SSSR count). The summed E-state index contributed by atoms with van der Waals surface area (Å²) < 4.78 is 12.7. The van der Waals surface area contributed by atoms with E-state index in [-0.39, 0.29) is 24.0 Å². The molecule has 0 aromatic heterocycles. The lowest BCUT2D eigenvalue weighted by Gasteiger charge is -2.54. The highest BCUT2D eigenvalue weighted by atomic mass is 16.5. The van der Waals surface area contributed by atoms with E-state index in [4.69, 9.17) is 15.2 Å². The number of primary amides is 1. The molecule has 12 nitrogen and oxygen atoms in total. The Labute approximate surface area is 266 Å². The number of fused-ring (bicyclic) bond motifs is 3. The van der Waals surface area contributed by atoms with Crippen LogP contribution in [0.1, 0.15) is 79.6 Å². The number of aliphatic hydroxyl groups excluding tert-OH is 2. The summed E-state index contributed by atoms with van der Waals surface area (Å²) in [5.41, 5.74) is 1.48. The molecule has 6 atom stereocenters. The van der Waals surface area contributed by atoms with E-state index in [9.17, 15) is 39.6 Å². The zero-order chi connectivity index (χ0) is 33.1. The number of ketones is 2. The van der Waals surface area contributed by atoms with Crippen LogP contribution in [-0.4, -0.2) is 93.3 Å². The maximum atomic E-state index is 14.3. The first-order valence-electron chi connectivity index (χ1n) is 16.2. The standard InChI is InChI=1S/C34H42N2O10/c1-36(2)26-25-29(46-33(43)16-9-4-3-5-10-16)22-19(15-45-17-11-6-7-12-17)18-13-8-14-20(37)21(18)27(38)23(22)30(40)34(25,44)31(41)24(28(26)39)32(35)42/h8,13-14,16-17,19,22,25-26,29,37,39-40,44H,3-7,9-12,15H2,1-2H3,(H2,35,42). The molecule has 1 amide bonds. The number of amides is 1. The van der Waals surface area contributed by atoms with Crippen LogP contribution in [0.3, 0.4) is 0 Å². The summed E-state index contributed by atoms with van der Waals surface area (Å²) in [6.07, 6.45) is 5.94. The minimum Gasteiger partial charge on any atom is -0.510 e. The fourth-order valence-corrected chi connectivity index (χ4v) is 8.58. The van der Waals surface area contributed by atoms with Crippen molar-refractivity contribution in [1.29, 1.82) is 0 Å². The largest absolute Gasteiger partial charge is 0.510 e. The monoisotopic (exact) mass is 638 g/mol. The van der Waals surface area contributed by atoms with Crippen LogP contribution in [0, 0.1) is 17.8 Å². The summed E-state index contributed by atoms with van der Waals surface area (Å²) >= 11 is 0. The Bertz CT molecular complexity index is 1520. The van der Waals surface area contributed by atoms with E-state index in [1.807, 2.05) is 0 Å². The van der Waals surface area contributed by atoms with Gasteiger partial charge in [-0.3, -0.25) is 24.1 Å². The number of hydrogen-bond acceptors (Lipinski definition) is 11. The van der Waals surface area contributed by atoms with Crippen LogP contribution in [0.5, 0.6) is 5.75 Å². The summed E-state index contributed by atoms with van der Waals surface area (Å²) in [7, 11) is 3.07. The molecule has 5 aliphatic rings. The van der Waals surface area contributed by atoms with Gasteiger partial charge in [-0.15, -0.1) is 0 Å². The number of phenols is 1. The van der Waals surface area contributed by atoms with Gasteiger partial charge in [-0.1, -0.05) is 44.2 Å². The summed E-state index contributed by atoms with van der Waals surface area (Å²) in [6, 6.07) is 3.24. The molecule has 6 N–H and O–H groups in total. The Morgan fingerprint density at radius 1 is 1.00 bits per heavy atom. The Kier molecular flexibility index (Phi) is 8.49. The van der Waals surface area contributed by atoms with Crippen LogP contribution in [-0.2, 0) is 23.9 Å². The van der Waals surface area contributed by atoms with Crippen LogP contribution in [0.15, 0.2) is 40.9 Å². The maximum Gasteiger partial charge on any atom is 0.309 e. The first-order chi connectivity index (χ1) is 21.9. The molecule has 0 spiro atoms. The van der Waals surface area contributed by atoms with Gasteiger partial charge < -0.3 is 35.6 Å². The van der Waals surface area contributed by atoms with Crippen LogP contribution in [0.2, 0.25) is 0 Å². The number of hydrogen-bond donors (Lipinski definition) is 5. The highest BCUT2D eigenvalue weighted by Crippen LogP contribution is 2.57. The van der Waals surface area contributed by atoms with Crippen molar-refractivity contribution in [2.45, 2.75) is 87.6 Å². The third-order valence-electron chi connectivity index (χ3n) is 10.8. The van der Waals surface area contributed by atoms with Gasteiger partial charge in [0, 0.05) is 17.4 Å². The van der Waals surface area contributed by atoms with E-state index in [0.717, 1.165) is 44.9 Å². The molecule has 0 heterocycles. The zero-order valence-corrected chi connectivity index (χ0v) is 26.1. The predicted molar refractivity (Wildman–Crippen MR) is 163 cm³/mol. The van der Waals surface area contributed by atoms with Gasteiger partial charge in [0.25, 0.3) is 5.91 Å². The highest BCUT2D eigenvalue weighted by molar-refractivity contribution is 6.25. The highest BCUT2D eigenvalue weighted by Gasteiger charge is 2.69. The normalized spacial score (nSPS) is 32.0. The smallest absolute Gasteiger partial charge is 0.309 e. The Morgan fingerprint density at radius 2 is 1.65 bits per heavy atom. The predicted octanol–water partition coefficient (Wildman–Crippen LogP) is 2.72. The second-order valence-corrected chi connectivity index (χ2v) is 13.6. The van der Waals surface area contributed by atoms with Gasteiger partial charge in [0.15, 0.2) is 11.4 Å². The van der Waals surface area contributed by atoms with E-state index in [1.165, 1.54) is 25.1 Å². The molecule has 0 bridgehead atoms. The fraction of sp³-hybridized carbons (Fsp3) is 0.588. The number of ether oxygens (including phenoxy) is 2. The number of likely N-dealkylation sites (N-methyl/N-ethyl adjacent to an activating group) is 1. The van der Waals surface area contributed by atoms with Gasteiger partial charge in [-0.05, 0) is 51.4 Å². The molecule has 2 fully saturated rings. The van der Waals surface area contributed by atoms with Gasteiger partial charge >= 0.3 is 5.97 Å². The topological polar surface area (TPSA) is 197 Å². The molecule has 12 heteroatoms. The molecular formula is C34H42N2O10. The van der Waals surface area contributed by atoms with Gasteiger partial charge in [0.05, 0.1) is 36.2 Å². The molecule has 0 saturated heterocycles. The second kappa shape index (κ2) is 12.1. The van der Waals surface area contributed by atoms with E-state index in [1.54, 1.807) is 12.1 Å². The Hall–Kier alpha value is -3.74. The number of phenolic OH excluding ortho intramolecular Hbond substituents is 1. The molecular weight excluding hydrogens is 596 g/mol. The number of carbonyl (C=O) groups excluding carboxylic acids is 4. The third-order valence-corrected chi connectivity index (χ3v) is 10.8. The molecule has 2 saturated carbocycles. The molecule has 46 heavy (non-hydrogen) atoms. The Morgan fingerprint density at radius 3 is 2.28 bits per heavy atom. The fourth-order valence-electron chi connectivity index (χ4n) is 8.58. The molecule has 1 aromatic carbocycles. The van der Waals surface area contributed by atoms with E-state index in [2.05, 4.69) is 0 Å². The maximum absolute atomic E-state index is 14.3. The number of carbonyl (C=O) groups is 4. The quantitative estimate of drug-likeness (QED) is 0.217. The van der Waals surface area contributed by atoms with Crippen LogP contribution < -0.4 is 5.73 Å². The number of nitrogens with zero attached hydrogens (tertiary/aromatic N) is 1. The van der Waals surface area contributed by atoms with Gasteiger partial charge in [-0.2, -0.15) is 0 Å². The van der Waals surface area contributed by atoms with Crippen molar-refractivity contribution in [3.63, 3.8) is 0 Å². The number of rotatable bonds is 7. The number of aliphatic hydroxyl groups is 3. The third kappa shape index (κ3) is 4.92. The SMILES string of the molecule is CN(C)C1C(O)=C(C(N)=O)C(=O)C2(O)C(O)=C3C(=O)c4c(O)cccc4C(COC4CCCC4)C3C(OC(=O)C3CCCCC3)C12. The summed E-state index contributed by atoms with van der Waals surface area (Å²) in [5, 5.41) is 46.6. The average molecular weight is 639 g/mol. The van der Waals surface area contributed by atoms with Crippen molar-refractivity contribution in [2.75, 3.05) is 20.7 Å². The lowest BCUT2D eigenvalue weighted by molar-refractivity contribution is -0.185. The molecule has 248 valence electrons. The number of Topliss-reactive ketones (excluding diaryl/α,β-unsaturated/α-hetero) is 2. The van der Waals surface area contributed by atoms with Gasteiger partial charge in [0.1, 0.15) is 28.9 Å². The molecule has 5 aliphatic carbocycles. The molecule has 1 aromatic rings. The first-order valence-corrected chi connectivity index (χ1v) is 16.2. The van der Waals surface area contributed by atoms with Crippen molar-refractivity contribution < 1.29 is 49.1 Å². The van der Waals surface area contributed by atoms with Crippen LogP contribution in [0.25, 0.3) is 0 Å². The molecule has 6 unspecified atom stereocenters. The van der Waals surface area contributed by atoms with E-state index >= 15 is 0 Å². The van der Waals surface area contributed by atoms with Crippen LogP contribution in [0.4, 0.5) is 0 Å². The van der Waals surface area contributed by atoms with Crippen molar-refractivity contribution >= 4 is 23.4 Å². The van der Waals surface area contributed by atoms with E-state index in [0.29, 0.717) is 18.4 Å². The number of esters is 1. The van der Waals surface area contributed by atoms with Gasteiger partial charge in [-0.25, -0.2) is 0 Å². The zero-order valence-electron chi connectivity index (χ0n) is 26.1. The number of nitrogens with two attached hydrogens (primary N) is 1. The number of aromatic hydroxyl groups is 1. The van der Waals surface area contributed by atoms with Crippen molar-refractivity contribution in [3.05, 3.63) is 52.0 Å². The summed E-state index contributed by atoms with van der Waals surface area (Å²) in [6.45, 7) is 0.0212. The van der Waals surface area contributed by atoms with Crippen LogP contribution >= 0.6 is 0 Å². The van der Waals surface area contributed by atoms with E-state index < -0.39 is 87.5 Å². The van der Waals surface area contributed by atoms with Crippen molar-refractivity contribution in [1.82, 2.24) is 4.90 Å². The van der Waals surface area contributed by atoms with Crippen molar-refractivity contribution in [3.8, 4) is 5.75 Å². The first kappa shape index (κ1) is 32.2. The lowest BCUT2D eigenvalue weighted by atomic mass is 9.55. The number of benzene rings is 1. The molecule has 0 radical (unpaired) electrons. The average Bonchev–Trinajstić information content (AvgIpc) is 3.54. The minimum atomic E-state index is -2.98. The minimum absolute atomic E-state index is 0.0212.